The highest BCUT2D eigenvalue weighted by molar-refractivity contribution is 5.40. The molecule has 23 heavy (non-hydrogen) atoms. The molecule has 3 N–H and O–H groups in total. The lowest BCUT2D eigenvalue weighted by Crippen LogP contribution is -2.14. The monoisotopic (exact) mass is 311 g/mol. The van der Waals surface area contributed by atoms with E-state index in [-0.39, 0.29) is 17.6 Å². The molecule has 0 saturated carbocycles. The number of hydrogen-bond acceptors (Lipinski definition) is 4. The first-order chi connectivity index (χ1) is 11.2. The minimum absolute atomic E-state index is 0.0630. The second-order valence-corrected chi connectivity index (χ2v) is 5.82. The summed E-state index contributed by atoms with van der Waals surface area (Å²) in [5, 5.41) is 18.8. The van der Waals surface area contributed by atoms with Crippen molar-refractivity contribution in [2.75, 3.05) is 0 Å². The van der Waals surface area contributed by atoms with Crippen molar-refractivity contribution >= 4 is 0 Å². The lowest BCUT2D eigenvalue weighted by Gasteiger charge is -2.07. The maximum atomic E-state index is 9.49. The van der Waals surface area contributed by atoms with Crippen LogP contribution in [0, 0.1) is 0 Å². The number of nitrogens with one attached hydrogen (secondary N) is 1. The lowest BCUT2D eigenvalue weighted by atomic mass is 10.0. The number of allylic oxidation sites excluding steroid dienone is 1. The van der Waals surface area contributed by atoms with Crippen molar-refractivity contribution in [3.05, 3.63) is 71.4 Å². The Hall–Kier alpha value is -2.46. The fraction of sp³-hybridized carbons (Fsp3) is 0.263. The van der Waals surface area contributed by atoms with Gasteiger partial charge in [0.2, 0.25) is 0 Å². The van der Waals surface area contributed by atoms with Gasteiger partial charge < -0.3 is 10.2 Å². The molecule has 1 heterocycles. The van der Waals surface area contributed by atoms with Crippen LogP contribution in [0.2, 0.25) is 0 Å². The number of aryl methyl sites for hydroxylation is 1. The highest BCUT2D eigenvalue weighted by Crippen LogP contribution is 2.26. The molecule has 1 aliphatic rings. The topological polar surface area (TPSA) is 61.7 Å². The largest absolute Gasteiger partial charge is 0.504 e. The molecule has 0 radical (unpaired) electrons. The molecule has 120 valence electrons. The van der Waals surface area contributed by atoms with Gasteiger partial charge in [-0.15, -0.1) is 0 Å². The SMILES string of the molecule is Oc1ccc(CCCC2=CC(Cc3ccccc3)ON2)cc1O. The van der Waals surface area contributed by atoms with Crippen LogP contribution in [0.5, 0.6) is 11.5 Å². The minimum atomic E-state index is -0.0777. The van der Waals surface area contributed by atoms with Crippen molar-refractivity contribution in [3.8, 4) is 11.5 Å². The summed E-state index contributed by atoms with van der Waals surface area (Å²) in [6, 6.07) is 15.3. The van der Waals surface area contributed by atoms with Gasteiger partial charge in [-0.25, -0.2) is 0 Å². The zero-order chi connectivity index (χ0) is 16.1. The number of hydroxylamine groups is 1. The average molecular weight is 311 g/mol. The van der Waals surface area contributed by atoms with Gasteiger partial charge in [-0.05, 0) is 48.6 Å². The molecule has 2 aromatic rings. The molecule has 0 fully saturated rings. The minimum Gasteiger partial charge on any atom is -0.504 e. The molecule has 0 spiro atoms. The van der Waals surface area contributed by atoms with Crippen LogP contribution in [0.25, 0.3) is 0 Å². The Morgan fingerprint density at radius 1 is 0.913 bits per heavy atom. The zero-order valence-electron chi connectivity index (χ0n) is 12.9. The van der Waals surface area contributed by atoms with E-state index in [9.17, 15) is 10.2 Å². The maximum absolute atomic E-state index is 9.49. The Bertz CT molecular complexity index is 682. The normalized spacial score (nSPS) is 16.9. The third-order valence-electron chi connectivity index (χ3n) is 3.96. The maximum Gasteiger partial charge on any atom is 0.157 e. The average Bonchev–Trinajstić information content (AvgIpc) is 2.99. The fourth-order valence-corrected chi connectivity index (χ4v) is 2.73. The number of aromatic hydroxyl groups is 2. The van der Waals surface area contributed by atoms with E-state index in [0.717, 1.165) is 36.9 Å². The molecular formula is C19H21NO3. The molecule has 4 nitrogen and oxygen atoms in total. The third-order valence-corrected chi connectivity index (χ3v) is 3.96. The van der Waals surface area contributed by atoms with Crippen LogP contribution in [0.4, 0.5) is 0 Å². The first kappa shape index (κ1) is 15.4. The van der Waals surface area contributed by atoms with Crippen molar-refractivity contribution in [1.29, 1.82) is 0 Å². The van der Waals surface area contributed by atoms with E-state index in [0.29, 0.717) is 0 Å². The fourth-order valence-electron chi connectivity index (χ4n) is 2.73. The van der Waals surface area contributed by atoms with Crippen molar-refractivity contribution in [3.63, 3.8) is 0 Å². The smallest absolute Gasteiger partial charge is 0.157 e. The van der Waals surface area contributed by atoms with Gasteiger partial charge in [0.15, 0.2) is 11.5 Å². The van der Waals surface area contributed by atoms with E-state index < -0.39 is 0 Å². The van der Waals surface area contributed by atoms with Gasteiger partial charge in [0.25, 0.3) is 0 Å². The molecule has 0 aromatic heterocycles. The van der Waals surface area contributed by atoms with E-state index in [4.69, 9.17) is 4.84 Å². The van der Waals surface area contributed by atoms with E-state index in [1.165, 1.54) is 11.6 Å². The summed E-state index contributed by atoms with van der Waals surface area (Å²) in [5.41, 5.74) is 6.39. The quantitative estimate of drug-likeness (QED) is 0.715. The summed E-state index contributed by atoms with van der Waals surface area (Å²) in [4.78, 5) is 5.59. The summed E-state index contributed by atoms with van der Waals surface area (Å²) in [6.07, 6.45) is 5.77. The number of phenols is 2. The molecule has 2 aromatic carbocycles. The number of rotatable bonds is 6. The van der Waals surface area contributed by atoms with E-state index in [2.05, 4.69) is 23.7 Å². The van der Waals surface area contributed by atoms with Gasteiger partial charge in [-0.3, -0.25) is 10.3 Å². The van der Waals surface area contributed by atoms with Crippen molar-refractivity contribution < 1.29 is 15.1 Å². The van der Waals surface area contributed by atoms with Gasteiger partial charge in [-0.2, -0.15) is 0 Å². The van der Waals surface area contributed by atoms with Crippen molar-refractivity contribution in [2.45, 2.75) is 31.8 Å². The summed E-state index contributed by atoms with van der Waals surface area (Å²) in [6.45, 7) is 0. The standard InChI is InChI=1S/C19H21NO3/c21-18-10-9-15(12-19(18)22)7-4-8-16-13-17(23-20-16)11-14-5-2-1-3-6-14/h1-3,5-6,9-10,12-13,17,20-22H,4,7-8,11H2. The highest BCUT2D eigenvalue weighted by Gasteiger charge is 2.16. The molecule has 4 heteroatoms. The van der Waals surface area contributed by atoms with Crippen LogP contribution < -0.4 is 5.48 Å². The highest BCUT2D eigenvalue weighted by atomic mass is 16.7. The van der Waals surface area contributed by atoms with Gasteiger partial charge in [0.05, 0.1) is 0 Å². The van der Waals surface area contributed by atoms with Crippen LogP contribution in [-0.4, -0.2) is 16.3 Å². The van der Waals surface area contributed by atoms with Crippen molar-refractivity contribution in [1.82, 2.24) is 5.48 Å². The molecule has 3 rings (SSSR count). The Morgan fingerprint density at radius 3 is 2.52 bits per heavy atom. The molecule has 0 saturated heterocycles. The predicted octanol–water partition coefficient (Wildman–Crippen LogP) is 3.45. The molecule has 1 atom stereocenters. The second kappa shape index (κ2) is 7.20. The first-order valence-electron chi connectivity index (χ1n) is 7.88. The zero-order valence-corrected chi connectivity index (χ0v) is 12.9. The lowest BCUT2D eigenvalue weighted by molar-refractivity contribution is 0.0417. The number of phenolic OH excluding ortho intramolecular Hbond substituents is 2. The van der Waals surface area contributed by atoms with E-state index >= 15 is 0 Å². The molecule has 0 bridgehead atoms. The van der Waals surface area contributed by atoms with Crippen LogP contribution >= 0.6 is 0 Å². The third kappa shape index (κ3) is 4.27. The van der Waals surface area contributed by atoms with Crippen molar-refractivity contribution in [2.24, 2.45) is 0 Å². The first-order valence-corrected chi connectivity index (χ1v) is 7.88. The number of hydrogen-bond donors (Lipinski definition) is 3. The summed E-state index contributed by atoms with van der Waals surface area (Å²) < 4.78 is 0. The predicted molar refractivity (Wildman–Crippen MR) is 88.9 cm³/mol. The van der Waals surface area contributed by atoms with Crippen LogP contribution in [0.3, 0.4) is 0 Å². The Labute approximate surface area is 136 Å². The number of benzene rings is 2. The molecule has 1 aliphatic heterocycles. The molecular weight excluding hydrogens is 290 g/mol. The van der Waals surface area contributed by atoms with Crippen LogP contribution in [0.1, 0.15) is 24.0 Å². The Kier molecular flexibility index (Phi) is 4.83. The molecule has 1 unspecified atom stereocenters. The van der Waals surface area contributed by atoms with Gasteiger partial charge in [0, 0.05) is 12.1 Å². The second-order valence-electron chi connectivity index (χ2n) is 5.82. The summed E-state index contributed by atoms with van der Waals surface area (Å²) >= 11 is 0. The van der Waals surface area contributed by atoms with Crippen LogP contribution in [0.15, 0.2) is 60.3 Å². The van der Waals surface area contributed by atoms with Gasteiger partial charge in [0.1, 0.15) is 6.10 Å². The van der Waals surface area contributed by atoms with Gasteiger partial charge in [-0.1, -0.05) is 36.4 Å². The summed E-state index contributed by atoms with van der Waals surface area (Å²) in [5.74, 6) is -0.141. The Morgan fingerprint density at radius 2 is 1.74 bits per heavy atom. The van der Waals surface area contributed by atoms with Crippen LogP contribution in [-0.2, 0) is 17.7 Å². The Balaban J connectivity index is 1.47. The summed E-state index contributed by atoms with van der Waals surface area (Å²) in [7, 11) is 0. The van der Waals surface area contributed by atoms with Gasteiger partial charge >= 0.3 is 0 Å². The van der Waals surface area contributed by atoms with E-state index in [1.807, 2.05) is 24.3 Å². The van der Waals surface area contributed by atoms with E-state index in [1.54, 1.807) is 6.07 Å². The molecule has 0 aliphatic carbocycles. The molecule has 0 amide bonds.